The maximum Gasteiger partial charge on any atom is 0.236 e. The molecular weight excluding hydrogens is 361 g/mol. The smallest absolute Gasteiger partial charge is 0.236 e. The van der Waals surface area contributed by atoms with E-state index in [1.54, 1.807) is 18.2 Å². The molecule has 0 saturated carbocycles. The molecule has 0 N–H and O–H groups in total. The average Bonchev–Trinajstić information content (AvgIpc) is 2.59. The molecule has 1 aromatic carbocycles. The van der Waals surface area contributed by atoms with E-state index >= 15 is 0 Å². The van der Waals surface area contributed by atoms with Crippen molar-refractivity contribution < 1.29 is 9.59 Å². The number of benzene rings is 1. The Balaban J connectivity index is 1.83. The van der Waals surface area contributed by atoms with E-state index in [1.807, 2.05) is 23.6 Å². The van der Waals surface area contributed by atoms with Crippen LogP contribution in [0.25, 0.3) is 0 Å². The number of halogens is 2. The van der Waals surface area contributed by atoms with Gasteiger partial charge in [-0.05, 0) is 31.5 Å². The molecule has 2 rings (SSSR count). The van der Waals surface area contributed by atoms with E-state index < -0.39 is 0 Å². The molecule has 1 saturated heterocycles. The van der Waals surface area contributed by atoms with Gasteiger partial charge >= 0.3 is 0 Å². The van der Waals surface area contributed by atoms with E-state index in [0.29, 0.717) is 42.8 Å². The van der Waals surface area contributed by atoms with Crippen molar-refractivity contribution in [1.29, 1.82) is 0 Å². The van der Waals surface area contributed by atoms with Gasteiger partial charge in [-0.2, -0.15) is 0 Å². The van der Waals surface area contributed by atoms with Gasteiger partial charge in [0.25, 0.3) is 0 Å². The molecule has 0 unspecified atom stereocenters. The standard InChI is InChI=1S/C18H25Cl2N3O2/c1-3-22(4-2)18(25)13-21-7-9-23(10-8-21)17(24)11-14-5-6-15(19)12-16(14)20/h5-6,12H,3-4,7-11,13H2,1-2H3. The molecule has 2 amide bonds. The predicted octanol–water partition coefficient (Wildman–Crippen LogP) is 2.55. The molecule has 1 heterocycles. The third-order valence-electron chi connectivity index (χ3n) is 4.56. The summed E-state index contributed by atoms with van der Waals surface area (Å²) in [6.45, 7) is 8.56. The van der Waals surface area contributed by atoms with E-state index in [-0.39, 0.29) is 18.2 Å². The van der Waals surface area contributed by atoms with Crippen molar-refractivity contribution >= 4 is 35.0 Å². The van der Waals surface area contributed by atoms with Gasteiger partial charge in [-0.1, -0.05) is 29.3 Å². The monoisotopic (exact) mass is 385 g/mol. The summed E-state index contributed by atoms with van der Waals surface area (Å²) in [6, 6.07) is 5.19. The largest absolute Gasteiger partial charge is 0.342 e. The summed E-state index contributed by atoms with van der Waals surface area (Å²) in [5, 5.41) is 1.08. The maximum atomic E-state index is 12.5. The zero-order chi connectivity index (χ0) is 18.4. The van der Waals surface area contributed by atoms with Crippen LogP contribution in [0, 0.1) is 0 Å². The molecule has 25 heavy (non-hydrogen) atoms. The summed E-state index contributed by atoms with van der Waals surface area (Å²) in [5.74, 6) is 0.205. The molecular formula is C18H25Cl2N3O2. The number of hydrogen-bond acceptors (Lipinski definition) is 3. The first-order chi connectivity index (χ1) is 11.9. The molecule has 138 valence electrons. The topological polar surface area (TPSA) is 43.9 Å². The van der Waals surface area contributed by atoms with Crippen molar-refractivity contribution in [2.45, 2.75) is 20.3 Å². The molecule has 1 fully saturated rings. The Morgan fingerprint density at radius 1 is 1.08 bits per heavy atom. The van der Waals surface area contributed by atoms with E-state index in [9.17, 15) is 9.59 Å². The van der Waals surface area contributed by atoms with Crippen molar-refractivity contribution in [3.8, 4) is 0 Å². The van der Waals surface area contributed by atoms with Crippen molar-refractivity contribution in [2.75, 3.05) is 45.8 Å². The molecule has 1 aromatic rings. The third-order valence-corrected chi connectivity index (χ3v) is 5.14. The normalized spacial score (nSPS) is 15.3. The van der Waals surface area contributed by atoms with Crippen LogP contribution in [0.5, 0.6) is 0 Å². The van der Waals surface area contributed by atoms with Crippen LogP contribution in [0.15, 0.2) is 18.2 Å². The second-order valence-corrected chi connectivity index (χ2v) is 6.98. The lowest BCUT2D eigenvalue weighted by atomic mass is 10.1. The Hall–Kier alpha value is -1.30. The summed E-state index contributed by atoms with van der Waals surface area (Å²) in [6.07, 6.45) is 0.272. The SMILES string of the molecule is CCN(CC)C(=O)CN1CCN(C(=O)Cc2ccc(Cl)cc2Cl)CC1. The van der Waals surface area contributed by atoms with Gasteiger partial charge in [0.15, 0.2) is 0 Å². The molecule has 0 spiro atoms. The molecule has 7 heteroatoms. The Bertz CT molecular complexity index is 612. The molecule has 1 aliphatic rings. The van der Waals surface area contributed by atoms with Crippen LogP contribution >= 0.6 is 23.2 Å². The third kappa shape index (κ3) is 5.59. The zero-order valence-electron chi connectivity index (χ0n) is 14.8. The Morgan fingerprint density at radius 3 is 2.28 bits per heavy atom. The van der Waals surface area contributed by atoms with Crippen molar-refractivity contribution in [2.24, 2.45) is 0 Å². The van der Waals surface area contributed by atoms with Crippen LogP contribution in [-0.2, 0) is 16.0 Å². The summed E-state index contributed by atoms with van der Waals surface area (Å²) >= 11 is 12.0. The molecule has 0 aliphatic carbocycles. The molecule has 0 radical (unpaired) electrons. The van der Waals surface area contributed by atoms with Gasteiger partial charge in [0, 0.05) is 49.3 Å². The van der Waals surface area contributed by atoms with E-state index in [1.165, 1.54) is 0 Å². The highest BCUT2D eigenvalue weighted by atomic mass is 35.5. The molecule has 0 aromatic heterocycles. The number of rotatable bonds is 6. The Morgan fingerprint density at radius 2 is 1.72 bits per heavy atom. The van der Waals surface area contributed by atoms with Crippen LogP contribution in [0.1, 0.15) is 19.4 Å². The van der Waals surface area contributed by atoms with E-state index in [2.05, 4.69) is 4.90 Å². The zero-order valence-corrected chi connectivity index (χ0v) is 16.3. The van der Waals surface area contributed by atoms with Gasteiger partial charge in [-0.3, -0.25) is 14.5 Å². The van der Waals surface area contributed by atoms with Crippen LogP contribution in [0.3, 0.4) is 0 Å². The van der Waals surface area contributed by atoms with Gasteiger partial charge < -0.3 is 9.80 Å². The molecule has 0 atom stereocenters. The lowest BCUT2D eigenvalue weighted by molar-refractivity contribution is -0.134. The minimum Gasteiger partial charge on any atom is -0.342 e. The maximum absolute atomic E-state index is 12.5. The molecule has 0 bridgehead atoms. The minimum absolute atomic E-state index is 0.0546. The van der Waals surface area contributed by atoms with Gasteiger partial charge in [-0.25, -0.2) is 0 Å². The summed E-state index contributed by atoms with van der Waals surface area (Å²) in [5.41, 5.74) is 0.787. The minimum atomic E-state index is 0.0546. The Labute approximate surface area is 159 Å². The lowest BCUT2D eigenvalue weighted by Crippen LogP contribution is -2.51. The summed E-state index contributed by atoms with van der Waals surface area (Å²) < 4.78 is 0. The lowest BCUT2D eigenvalue weighted by Gasteiger charge is -2.35. The highest BCUT2D eigenvalue weighted by Gasteiger charge is 2.24. The van der Waals surface area contributed by atoms with Gasteiger partial charge in [0.1, 0.15) is 0 Å². The number of amides is 2. The number of likely N-dealkylation sites (N-methyl/N-ethyl adjacent to an activating group) is 1. The first kappa shape index (κ1) is 20.0. The van der Waals surface area contributed by atoms with E-state index in [0.717, 1.165) is 18.7 Å². The van der Waals surface area contributed by atoms with Gasteiger partial charge in [0.2, 0.25) is 11.8 Å². The van der Waals surface area contributed by atoms with Crippen molar-refractivity contribution in [1.82, 2.24) is 14.7 Å². The number of nitrogens with zero attached hydrogens (tertiary/aromatic N) is 3. The fourth-order valence-corrected chi connectivity index (χ4v) is 3.44. The second kappa shape index (κ2) is 9.41. The van der Waals surface area contributed by atoms with Crippen LogP contribution in [-0.4, -0.2) is 72.3 Å². The molecule has 5 nitrogen and oxygen atoms in total. The van der Waals surface area contributed by atoms with Crippen molar-refractivity contribution in [3.05, 3.63) is 33.8 Å². The number of hydrogen-bond donors (Lipinski definition) is 0. The van der Waals surface area contributed by atoms with Gasteiger partial charge in [0.05, 0.1) is 13.0 Å². The number of piperazine rings is 1. The summed E-state index contributed by atoms with van der Waals surface area (Å²) in [7, 11) is 0. The summed E-state index contributed by atoms with van der Waals surface area (Å²) in [4.78, 5) is 30.4. The average molecular weight is 386 g/mol. The van der Waals surface area contributed by atoms with Gasteiger partial charge in [-0.15, -0.1) is 0 Å². The van der Waals surface area contributed by atoms with Crippen LogP contribution in [0.4, 0.5) is 0 Å². The van der Waals surface area contributed by atoms with E-state index in [4.69, 9.17) is 23.2 Å². The highest BCUT2D eigenvalue weighted by Crippen LogP contribution is 2.22. The first-order valence-corrected chi connectivity index (χ1v) is 9.42. The fourth-order valence-electron chi connectivity index (χ4n) is 2.96. The second-order valence-electron chi connectivity index (χ2n) is 6.14. The number of carbonyl (C=O) groups is 2. The van der Waals surface area contributed by atoms with Crippen LogP contribution < -0.4 is 0 Å². The first-order valence-electron chi connectivity index (χ1n) is 8.66. The van der Waals surface area contributed by atoms with Crippen LogP contribution in [0.2, 0.25) is 10.0 Å². The highest BCUT2D eigenvalue weighted by molar-refractivity contribution is 6.35. The fraction of sp³-hybridized carbons (Fsp3) is 0.556. The van der Waals surface area contributed by atoms with Crippen molar-refractivity contribution in [3.63, 3.8) is 0 Å². The quantitative estimate of drug-likeness (QED) is 0.755. The molecule has 1 aliphatic heterocycles. The predicted molar refractivity (Wildman–Crippen MR) is 101 cm³/mol. The number of carbonyl (C=O) groups excluding carboxylic acids is 2. The Kier molecular flexibility index (Phi) is 7.54.